The van der Waals surface area contributed by atoms with Crippen LogP contribution in [0.3, 0.4) is 0 Å². The van der Waals surface area contributed by atoms with Crippen LogP contribution in [0, 0.1) is 0 Å². The number of methoxy groups -OCH3 is 1. The molecule has 7 heteroatoms. The number of nitrogens with one attached hydrogen (secondary N) is 1. The van der Waals surface area contributed by atoms with E-state index >= 15 is 0 Å². The van der Waals surface area contributed by atoms with E-state index in [0.717, 1.165) is 0 Å². The molecule has 1 aromatic carbocycles. The Bertz CT molecular complexity index is 556. The highest BCUT2D eigenvalue weighted by Crippen LogP contribution is 2.35. The molecule has 23 heavy (non-hydrogen) atoms. The first-order valence-corrected chi connectivity index (χ1v) is 7.42. The van der Waals surface area contributed by atoms with E-state index in [-0.39, 0.29) is 17.4 Å². The lowest BCUT2D eigenvalue weighted by molar-refractivity contribution is 0.0595. The number of rotatable bonds is 7. The third-order valence-electron chi connectivity index (χ3n) is 2.64. The van der Waals surface area contributed by atoms with Crippen LogP contribution in [0.5, 0.6) is 11.5 Å². The van der Waals surface area contributed by atoms with Gasteiger partial charge in [-0.05, 0) is 33.8 Å². The molecule has 0 atom stereocenters. The molecule has 0 bridgehead atoms. The Morgan fingerprint density at radius 1 is 1.13 bits per heavy atom. The molecule has 0 aromatic heterocycles. The topological polar surface area (TPSA) is 83.1 Å². The number of ether oxygens (including phenoxy) is 4. The zero-order valence-electron chi connectivity index (χ0n) is 14.1. The molecule has 0 aliphatic carbocycles. The second-order valence-electron chi connectivity index (χ2n) is 4.79. The highest BCUT2D eigenvalue weighted by molar-refractivity contribution is 5.96. The average Bonchev–Trinajstić information content (AvgIpc) is 2.48. The fourth-order valence-electron chi connectivity index (χ4n) is 1.85. The maximum Gasteiger partial charge on any atom is 0.411 e. The van der Waals surface area contributed by atoms with Crippen molar-refractivity contribution in [2.45, 2.75) is 33.8 Å². The number of carbonyl (C=O) groups is 2. The number of amides is 1. The van der Waals surface area contributed by atoms with E-state index in [9.17, 15) is 9.59 Å². The van der Waals surface area contributed by atoms with Crippen LogP contribution in [0.15, 0.2) is 12.1 Å². The largest absolute Gasteiger partial charge is 0.490 e. The number of esters is 1. The summed E-state index contributed by atoms with van der Waals surface area (Å²) >= 11 is 0. The number of hydrogen-bond acceptors (Lipinski definition) is 6. The van der Waals surface area contributed by atoms with Crippen LogP contribution in [0.25, 0.3) is 0 Å². The SMILES string of the molecule is CCOc1cc(NC(=O)OC(C)C)cc(C(=O)OC)c1OCC. The van der Waals surface area contributed by atoms with Gasteiger partial charge < -0.3 is 18.9 Å². The van der Waals surface area contributed by atoms with Crippen molar-refractivity contribution in [2.24, 2.45) is 0 Å². The minimum absolute atomic E-state index is 0.167. The van der Waals surface area contributed by atoms with Crippen molar-refractivity contribution >= 4 is 17.7 Å². The van der Waals surface area contributed by atoms with Gasteiger partial charge in [0.25, 0.3) is 0 Å². The van der Waals surface area contributed by atoms with E-state index in [0.29, 0.717) is 24.7 Å². The lowest BCUT2D eigenvalue weighted by Crippen LogP contribution is -2.18. The first-order valence-electron chi connectivity index (χ1n) is 7.42. The Labute approximate surface area is 135 Å². The van der Waals surface area contributed by atoms with Crippen molar-refractivity contribution in [1.29, 1.82) is 0 Å². The minimum Gasteiger partial charge on any atom is -0.490 e. The molecule has 1 aromatic rings. The summed E-state index contributed by atoms with van der Waals surface area (Å²) in [5, 5.41) is 2.56. The van der Waals surface area contributed by atoms with Crippen molar-refractivity contribution in [3.8, 4) is 11.5 Å². The van der Waals surface area contributed by atoms with Gasteiger partial charge in [-0.15, -0.1) is 0 Å². The molecule has 0 fully saturated rings. The quantitative estimate of drug-likeness (QED) is 0.775. The third kappa shape index (κ3) is 5.36. The predicted octanol–water partition coefficient (Wildman–Crippen LogP) is 3.23. The van der Waals surface area contributed by atoms with Crippen molar-refractivity contribution in [2.75, 3.05) is 25.6 Å². The van der Waals surface area contributed by atoms with Crippen LogP contribution < -0.4 is 14.8 Å². The van der Waals surface area contributed by atoms with Gasteiger partial charge in [-0.25, -0.2) is 9.59 Å². The lowest BCUT2D eigenvalue weighted by atomic mass is 10.1. The molecule has 0 spiro atoms. The first kappa shape index (κ1) is 18.6. The van der Waals surface area contributed by atoms with Crippen LogP contribution in [0.4, 0.5) is 10.5 Å². The van der Waals surface area contributed by atoms with Crippen LogP contribution in [0.1, 0.15) is 38.1 Å². The molecule has 1 rings (SSSR count). The van der Waals surface area contributed by atoms with Crippen molar-refractivity contribution in [3.63, 3.8) is 0 Å². The zero-order chi connectivity index (χ0) is 17.4. The molecule has 1 amide bonds. The molecule has 0 heterocycles. The fraction of sp³-hybridized carbons (Fsp3) is 0.500. The van der Waals surface area contributed by atoms with Gasteiger partial charge in [0, 0.05) is 11.8 Å². The summed E-state index contributed by atoms with van der Waals surface area (Å²) < 4.78 is 20.8. The molecule has 0 radical (unpaired) electrons. The van der Waals surface area contributed by atoms with Gasteiger partial charge in [0.1, 0.15) is 5.56 Å². The normalized spacial score (nSPS) is 10.2. The summed E-state index contributed by atoms with van der Waals surface area (Å²) in [5.74, 6) is 0.0383. The third-order valence-corrected chi connectivity index (χ3v) is 2.64. The molecule has 128 valence electrons. The van der Waals surface area contributed by atoms with Crippen LogP contribution in [-0.2, 0) is 9.47 Å². The molecule has 0 saturated carbocycles. The molecule has 0 aliphatic rings. The summed E-state index contributed by atoms with van der Waals surface area (Å²) in [6, 6.07) is 3.03. The minimum atomic E-state index is -0.623. The Kier molecular flexibility index (Phi) is 7.18. The zero-order valence-corrected chi connectivity index (χ0v) is 14.1. The van der Waals surface area contributed by atoms with Gasteiger partial charge in [-0.2, -0.15) is 0 Å². The van der Waals surface area contributed by atoms with E-state index in [1.807, 2.05) is 0 Å². The van der Waals surface area contributed by atoms with Crippen LogP contribution >= 0.6 is 0 Å². The highest BCUT2D eigenvalue weighted by Gasteiger charge is 2.21. The second-order valence-corrected chi connectivity index (χ2v) is 4.79. The maximum atomic E-state index is 12.0. The van der Waals surface area contributed by atoms with Gasteiger partial charge in [-0.3, -0.25) is 5.32 Å². The highest BCUT2D eigenvalue weighted by atomic mass is 16.6. The molecule has 7 nitrogen and oxygen atoms in total. The average molecular weight is 325 g/mol. The summed E-state index contributed by atoms with van der Waals surface area (Å²) in [4.78, 5) is 23.7. The summed E-state index contributed by atoms with van der Waals surface area (Å²) in [5.41, 5.74) is 0.517. The Morgan fingerprint density at radius 3 is 2.30 bits per heavy atom. The first-order chi connectivity index (χ1) is 10.9. The standard InChI is InChI=1S/C16H23NO6/c1-6-21-13-9-11(17-16(19)23-10(3)4)8-12(15(18)20-5)14(13)22-7-2/h8-10H,6-7H2,1-5H3,(H,17,19). The molecule has 0 saturated heterocycles. The van der Waals surface area contributed by atoms with Gasteiger partial charge in [0.2, 0.25) is 0 Å². The number of anilines is 1. The second kappa shape index (κ2) is 8.87. The summed E-state index contributed by atoms with van der Waals surface area (Å²) in [6.07, 6.45) is -0.883. The van der Waals surface area contributed by atoms with Gasteiger partial charge >= 0.3 is 12.1 Å². The molecule has 0 unspecified atom stereocenters. The lowest BCUT2D eigenvalue weighted by Gasteiger charge is -2.17. The monoisotopic (exact) mass is 325 g/mol. The summed E-state index contributed by atoms with van der Waals surface area (Å²) in [6.45, 7) is 7.81. The van der Waals surface area contributed by atoms with E-state index in [1.165, 1.54) is 13.2 Å². The van der Waals surface area contributed by atoms with E-state index in [2.05, 4.69) is 5.32 Å². The summed E-state index contributed by atoms with van der Waals surface area (Å²) in [7, 11) is 1.27. The fourth-order valence-corrected chi connectivity index (χ4v) is 1.85. The van der Waals surface area contributed by atoms with E-state index in [4.69, 9.17) is 18.9 Å². The molecule has 1 N–H and O–H groups in total. The maximum absolute atomic E-state index is 12.0. The number of benzene rings is 1. The molecule has 0 aliphatic heterocycles. The smallest absolute Gasteiger partial charge is 0.411 e. The Balaban J connectivity index is 3.24. The number of carbonyl (C=O) groups excluding carboxylic acids is 2. The van der Waals surface area contributed by atoms with Gasteiger partial charge in [0.15, 0.2) is 11.5 Å². The predicted molar refractivity (Wildman–Crippen MR) is 85.4 cm³/mol. The van der Waals surface area contributed by atoms with Gasteiger partial charge in [0.05, 0.1) is 26.4 Å². The van der Waals surface area contributed by atoms with Crippen molar-refractivity contribution in [3.05, 3.63) is 17.7 Å². The van der Waals surface area contributed by atoms with Gasteiger partial charge in [-0.1, -0.05) is 0 Å². The van der Waals surface area contributed by atoms with Crippen LogP contribution in [0.2, 0.25) is 0 Å². The van der Waals surface area contributed by atoms with Crippen molar-refractivity contribution < 1.29 is 28.5 Å². The van der Waals surface area contributed by atoms with Crippen molar-refractivity contribution in [1.82, 2.24) is 0 Å². The Morgan fingerprint density at radius 2 is 1.78 bits per heavy atom. The van der Waals surface area contributed by atoms with Crippen LogP contribution in [-0.4, -0.2) is 38.5 Å². The molecular formula is C16H23NO6. The van der Waals surface area contributed by atoms with E-state index < -0.39 is 12.1 Å². The molecular weight excluding hydrogens is 302 g/mol. The van der Waals surface area contributed by atoms with E-state index in [1.54, 1.807) is 33.8 Å². The Hall–Kier alpha value is -2.44. The number of hydrogen-bond donors (Lipinski definition) is 1.